The molecule has 1 heterocycles. The van der Waals surface area contributed by atoms with E-state index in [4.69, 9.17) is 0 Å². The van der Waals surface area contributed by atoms with Crippen LogP contribution >= 0.6 is 11.3 Å². The van der Waals surface area contributed by atoms with Crippen molar-refractivity contribution < 1.29 is 5.11 Å². The zero-order chi connectivity index (χ0) is 24.3. The molecule has 0 saturated heterocycles. The number of hydrogen-bond donors (Lipinski definition) is 1. The molecule has 174 valence electrons. The molecule has 1 N–H and O–H groups in total. The number of hydrogen-bond acceptors (Lipinski definition) is 4. The number of nitrogens with zero attached hydrogens (tertiary/aromatic N) is 2. The van der Waals surface area contributed by atoms with Crippen molar-refractivity contribution in [3.8, 4) is 5.75 Å². The van der Waals surface area contributed by atoms with Crippen LogP contribution in [0.4, 0.5) is 34.1 Å². The Hall–Kier alpha value is -4.54. The second kappa shape index (κ2) is 9.61. The number of phenols is 1. The van der Waals surface area contributed by atoms with Gasteiger partial charge in [0, 0.05) is 44.7 Å². The average molecular weight is 485 g/mol. The fraction of sp³-hybridized carbons (Fsp3) is 0. The van der Waals surface area contributed by atoms with Crippen molar-refractivity contribution in [3.63, 3.8) is 0 Å². The monoisotopic (exact) mass is 484 g/mol. The maximum atomic E-state index is 11.0. The third kappa shape index (κ3) is 4.19. The number of thiophene rings is 1. The number of rotatable bonds is 6. The summed E-state index contributed by atoms with van der Waals surface area (Å²) in [7, 11) is 0. The molecule has 0 unspecified atom stereocenters. The molecule has 0 aliphatic carbocycles. The van der Waals surface area contributed by atoms with Crippen molar-refractivity contribution in [2.45, 2.75) is 0 Å². The molecule has 0 amide bonds. The zero-order valence-corrected chi connectivity index (χ0v) is 20.3. The second-order valence-corrected chi connectivity index (χ2v) is 9.41. The van der Waals surface area contributed by atoms with Gasteiger partial charge < -0.3 is 14.9 Å². The van der Waals surface area contributed by atoms with E-state index < -0.39 is 0 Å². The number of benzene rings is 5. The minimum atomic E-state index is 0.208. The van der Waals surface area contributed by atoms with Crippen LogP contribution in [0, 0.1) is 0 Å². The van der Waals surface area contributed by atoms with E-state index in [9.17, 15) is 5.11 Å². The first-order chi connectivity index (χ1) is 17.8. The van der Waals surface area contributed by atoms with Crippen LogP contribution in [0.15, 0.2) is 139 Å². The molecule has 5 aromatic carbocycles. The molecule has 1 aromatic heterocycles. The van der Waals surface area contributed by atoms with Crippen LogP contribution in [0.2, 0.25) is 0 Å². The fourth-order valence-electron chi connectivity index (χ4n) is 4.58. The second-order valence-electron chi connectivity index (χ2n) is 8.50. The summed E-state index contributed by atoms with van der Waals surface area (Å²) in [6.07, 6.45) is 0. The van der Waals surface area contributed by atoms with Crippen LogP contribution in [0.3, 0.4) is 0 Å². The molecule has 0 aliphatic rings. The van der Waals surface area contributed by atoms with E-state index >= 15 is 0 Å². The van der Waals surface area contributed by atoms with Crippen LogP contribution in [-0.4, -0.2) is 5.11 Å². The Balaban J connectivity index is 1.56. The van der Waals surface area contributed by atoms with Gasteiger partial charge in [0.1, 0.15) is 5.75 Å². The van der Waals surface area contributed by atoms with Crippen molar-refractivity contribution in [1.82, 2.24) is 0 Å². The standard InChI is InChI=1S/C32H24N2OS/c35-29-21-27(33(24-12-4-1-5-13-24)25-14-6-2-7-15-25)20-28(22-29)34(26-16-8-3-9-17-26)31-23-36-32-19-11-10-18-30(31)32/h1-23,35H. The summed E-state index contributed by atoms with van der Waals surface area (Å²) in [6, 6.07) is 45.0. The first-order valence-corrected chi connectivity index (χ1v) is 12.7. The van der Waals surface area contributed by atoms with Gasteiger partial charge in [0.25, 0.3) is 0 Å². The van der Waals surface area contributed by atoms with Gasteiger partial charge in [0.05, 0.1) is 17.1 Å². The lowest BCUT2D eigenvalue weighted by molar-refractivity contribution is 0.475. The van der Waals surface area contributed by atoms with E-state index in [0.717, 1.165) is 34.1 Å². The van der Waals surface area contributed by atoms with Gasteiger partial charge in [-0.05, 0) is 48.5 Å². The smallest absolute Gasteiger partial charge is 0.119 e. The molecule has 0 aliphatic heterocycles. The third-order valence-electron chi connectivity index (χ3n) is 6.15. The third-order valence-corrected chi connectivity index (χ3v) is 7.10. The highest BCUT2D eigenvalue weighted by molar-refractivity contribution is 7.17. The van der Waals surface area contributed by atoms with E-state index in [2.05, 4.69) is 81.9 Å². The molecule has 0 atom stereocenters. The maximum Gasteiger partial charge on any atom is 0.119 e. The first-order valence-electron chi connectivity index (χ1n) is 11.8. The Morgan fingerprint density at radius 1 is 0.472 bits per heavy atom. The lowest BCUT2D eigenvalue weighted by atomic mass is 10.1. The summed E-state index contributed by atoms with van der Waals surface area (Å²) in [5.74, 6) is 0.208. The molecular weight excluding hydrogens is 460 g/mol. The number of anilines is 6. The molecule has 0 saturated carbocycles. The Morgan fingerprint density at radius 2 is 0.944 bits per heavy atom. The molecular formula is C32H24N2OS. The number of phenolic OH excluding ortho intramolecular Hbond substituents is 1. The normalized spacial score (nSPS) is 10.9. The Morgan fingerprint density at radius 3 is 1.53 bits per heavy atom. The summed E-state index contributed by atoms with van der Waals surface area (Å²) >= 11 is 1.73. The Bertz CT molecular complexity index is 1560. The van der Waals surface area contributed by atoms with Gasteiger partial charge in [0.2, 0.25) is 0 Å². The number of para-hydroxylation sites is 3. The van der Waals surface area contributed by atoms with E-state index in [0.29, 0.717) is 0 Å². The highest BCUT2D eigenvalue weighted by Crippen LogP contribution is 2.45. The molecule has 4 heteroatoms. The predicted molar refractivity (Wildman–Crippen MR) is 153 cm³/mol. The summed E-state index contributed by atoms with van der Waals surface area (Å²) < 4.78 is 1.23. The Kier molecular flexibility index (Phi) is 5.86. The van der Waals surface area contributed by atoms with Crippen molar-refractivity contribution in [2.24, 2.45) is 0 Å². The van der Waals surface area contributed by atoms with Gasteiger partial charge in [-0.2, -0.15) is 0 Å². The largest absolute Gasteiger partial charge is 0.508 e. The van der Waals surface area contributed by atoms with Gasteiger partial charge in [0.15, 0.2) is 0 Å². The molecule has 6 aromatic rings. The van der Waals surface area contributed by atoms with Crippen LogP contribution in [0.5, 0.6) is 5.75 Å². The molecule has 36 heavy (non-hydrogen) atoms. The molecule has 0 radical (unpaired) electrons. The molecule has 3 nitrogen and oxygen atoms in total. The highest BCUT2D eigenvalue weighted by atomic mass is 32.1. The molecule has 0 spiro atoms. The first kappa shape index (κ1) is 22.0. The number of aromatic hydroxyl groups is 1. The summed E-state index contributed by atoms with van der Waals surface area (Å²) in [4.78, 5) is 4.38. The van der Waals surface area contributed by atoms with Crippen molar-refractivity contribution in [2.75, 3.05) is 9.80 Å². The lowest BCUT2D eigenvalue weighted by Gasteiger charge is -2.29. The van der Waals surface area contributed by atoms with Gasteiger partial charge in [-0.1, -0.05) is 72.8 Å². The Labute approximate surface area is 214 Å². The quantitative estimate of drug-likeness (QED) is 0.255. The lowest BCUT2D eigenvalue weighted by Crippen LogP contribution is -2.13. The summed E-state index contributed by atoms with van der Waals surface area (Å²) in [5.41, 5.74) is 5.92. The average Bonchev–Trinajstić information content (AvgIpc) is 3.34. The van der Waals surface area contributed by atoms with Crippen LogP contribution in [0.25, 0.3) is 10.1 Å². The maximum absolute atomic E-state index is 11.0. The van der Waals surface area contributed by atoms with Crippen LogP contribution in [0.1, 0.15) is 0 Å². The van der Waals surface area contributed by atoms with Crippen molar-refractivity contribution >= 4 is 55.5 Å². The van der Waals surface area contributed by atoms with Gasteiger partial charge in [-0.15, -0.1) is 11.3 Å². The van der Waals surface area contributed by atoms with E-state index in [1.807, 2.05) is 66.7 Å². The minimum absolute atomic E-state index is 0.208. The van der Waals surface area contributed by atoms with E-state index in [-0.39, 0.29) is 5.75 Å². The van der Waals surface area contributed by atoms with Gasteiger partial charge in [-0.25, -0.2) is 0 Å². The van der Waals surface area contributed by atoms with Gasteiger partial charge >= 0.3 is 0 Å². The number of fused-ring (bicyclic) bond motifs is 1. The molecule has 6 rings (SSSR count). The predicted octanol–water partition coefficient (Wildman–Crippen LogP) is 9.55. The van der Waals surface area contributed by atoms with E-state index in [1.165, 1.54) is 10.1 Å². The fourth-order valence-corrected chi connectivity index (χ4v) is 5.51. The zero-order valence-electron chi connectivity index (χ0n) is 19.5. The van der Waals surface area contributed by atoms with Crippen LogP contribution in [-0.2, 0) is 0 Å². The highest BCUT2D eigenvalue weighted by Gasteiger charge is 2.20. The summed E-state index contributed by atoms with van der Waals surface area (Å²) in [6.45, 7) is 0. The topological polar surface area (TPSA) is 26.7 Å². The SMILES string of the molecule is Oc1cc(N(c2ccccc2)c2ccccc2)cc(N(c2ccccc2)c2csc3ccccc23)c1. The van der Waals surface area contributed by atoms with Crippen LogP contribution < -0.4 is 9.80 Å². The summed E-state index contributed by atoms with van der Waals surface area (Å²) in [5, 5.41) is 14.4. The minimum Gasteiger partial charge on any atom is -0.508 e. The van der Waals surface area contributed by atoms with Crippen molar-refractivity contribution in [3.05, 3.63) is 139 Å². The molecule has 0 bridgehead atoms. The van der Waals surface area contributed by atoms with Gasteiger partial charge in [-0.3, -0.25) is 0 Å². The molecule has 0 fully saturated rings. The van der Waals surface area contributed by atoms with Crippen molar-refractivity contribution in [1.29, 1.82) is 0 Å². The van der Waals surface area contributed by atoms with E-state index in [1.54, 1.807) is 11.3 Å².